The molecule has 0 bridgehead atoms. The molecule has 1 amide bonds. The molecule has 3 rings (SSSR count). The molecule has 1 aliphatic heterocycles. The summed E-state index contributed by atoms with van der Waals surface area (Å²) in [6.07, 6.45) is 3.01. The number of likely N-dealkylation sites (N-methyl/N-ethyl adjacent to an activating group) is 1. The minimum absolute atomic E-state index is 0.0199. The highest BCUT2D eigenvalue weighted by Gasteiger charge is 2.42. The van der Waals surface area contributed by atoms with E-state index in [0.29, 0.717) is 18.7 Å². The van der Waals surface area contributed by atoms with Crippen molar-refractivity contribution in [1.29, 1.82) is 0 Å². The Morgan fingerprint density at radius 1 is 1.10 bits per heavy atom. The fourth-order valence-corrected chi connectivity index (χ4v) is 3.31. The topological polar surface area (TPSA) is 81.1 Å². The van der Waals surface area contributed by atoms with Crippen LogP contribution in [-0.4, -0.2) is 58.9 Å². The van der Waals surface area contributed by atoms with Gasteiger partial charge in [-0.05, 0) is 43.4 Å². The molecule has 1 atom stereocenters. The maximum Gasteiger partial charge on any atom is 0.290 e. The van der Waals surface area contributed by atoms with Crippen molar-refractivity contribution in [2.75, 3.05) is 27.2 Å². The van der Waals surface area contributed by atoms with Crippen LogP contribution < -0.4 is 0 Å². The number of carbonyl (C=O) groups excluding carboxylic acids is 2. The molecule has 150 valence electrons. The fraction of sp³-hybridized carbons (Fsp3) is 0.217. The van der Waals surface area contributed by atoms with E-state index in [-0.39, 0.29) is 11.3 Å². The number of hydrogen-bond donors (Lipinski definition) is 2. The third kappa shape index (κ3) is 4.55. The van der Waals surface area contributed by atoms with Gasteiger partial charge in [-0.15, -0.1) is 0 Å². The van der Waals surface area contributed by atoms with Crippen LogP contribution >= 0.6 is 0 Å². The second-order valence-corrected chi connectivity index (χ2v) is 7.17. The van der Waals surface area contributed by atoms with Crippen molar-refractivity contribution in [1.82, 2.24) is 9.80 Å². The predicted octanol–water partition coefficient (Wildman–Crippen LogP) is 2.93. The van der Waals surface area contributed by atoms with Gasteiger partial charge in [0.05, 0.1) is 11.6 Å². The van der Waals surface area contributed by atoms with Crippen LogP contribution in [0.4, 0.5) is 0 Å². The molecule has 2 aromatic rings. The van der Waals surface area contributed by atoms with Gasteiger partial charge in [0.2, 0.25) is 0 Å². The van der Waals surface area contributed by atoms with Crippen molar-refractivity contribution >= 4 is 17.8 Å². The standard InChI is InChI=1S/C23H24N2O4/c1-24(2)13-14-25-21(17-9-6-10-18(26)15-17)20(22(28)23(25)29)19(27)12-11-16-7-4-3-5-8-16/h3-12,15,21,26,28H,13-14H2,1-2H3/b12-11+. The summed E-state index contributed by atoms with van der Waals surface area (Å²) >= 11 is 0. The fourth-order valence-electron chi connectivity index (χ4n) is 3.31. The number of aromatic hydroxyl groups is 1. The largest absolute Gasteiger partial charge is 0.508 e. The first kappa shape index (κ1) is 20.4. The number of allylic oxidation sites excluding steroid dienone is 1. The van der Waals surface area contributed by atoms with Crippen LogP contribution in [0.3, 0.4) is 0 Å². The van der Waals surface area contributed by atoms with E-state index in [1.807, 2.05) is 49.3 Å². The molecule has 1 aliphatic rings. The van der Waals surface area contributed by atoms with Gasteiger partial charge in [0.1, 0.15) is 5.75 Å². The van der Waals surface area contributed by atoms with Gasteiger partial charge >= 0.3 is 0 Å². The molecular weight excluding hydrogens is 368 g/mol. The van der Waals surface area contributed by atoms with E-state index in [9.17, 15) is 19.8 Å². The molecule has 6 heteroatoms. The number of hydrogen-bond acceptors (Lipinski definition) is 5. The molecule has 2 aromatic carbocycles. The highest BCUT2D eigenvalue weighted by Crippen LogP contribution is 2.38. The van der Waals surface area contributed by atoms with Crippen LogP contribution in [0.2, 0.25) is 0 Å². The molecule has 2 N–H and O–H groups in total. The van der Waals surface area contributed by atoms with E-state index >= 15 is 0 Å². The summed E-state index contributed by atoms with van der Waals surface area (Å²) < 4.78 is 0. The summed E-state index contributed by atoms with van der Waals surface area (Å²) in [7, 11) is 3.76. The Hall–Kier alpha value is -3.38. The number of phenols is 1. The molecule has 1 heterocycles. The second kappa shape index (κ2) is 8.75. The maximum atomic E-state index is 13.0. The highest BCUT2D eigenvalue weighted by atomic mass is 16.3. The normalized spacial score (nSPS) is 17.0. The van der Waals surface area contributed by atoms with Gasteiger partial charge in [-0.3, -0.25) is 9.59 Å². The molecule has 1 unspecified atom stereocenters. The number of amides is 1. The lowest BCUT2D eigenvalue weighted by molar-refractivity contribution is -0.129. The van der Waals surface area contributed by atoms with Gasteiger partial charge in [-0.25, -0.2) is 0 Å². The summed E-state index contributed by atoms with van der Waals surface area (Å²) in [5.41, 5.74) is 1.42. The highest BCUT2D eigenvalue weighted by molar-refractivity contribution is 6.14. The summed E-state index contributed by atoms with van der Waals surface area (Å²) in [4.78, 5) is 29.1. The average molecular weight is 392 g/mol. The molecule has 29 heavy (non-hydrogen) atoms. The number of rotatable bonds is 7. The van der Waals surface area contributed by atoms with E-state index in [1.54, 1.807) is 18.2 Å². The SMILES string of the molecule is CN(C)CCN1C(=O)C(O)=C(C(=O)/C=C/c2ccccc2)C1c1cccc(O)c1. The molecule has 0 aromatic heterocycles. The number of phenolic OH excluding ortho intramolecular Hbond substituents is 1. The van der Waals surface area contributed by atoms with Crippen LogP contribution in [0, 0.1) is 0 Å². The van der Waals surface area contributed by atoms with Crippen LogP contribution in [0.5, 0.6) is 5.75 Å². The lowest BCUT2D eigenvalue weighted by atomic mass is 9.95. The van der Waals surface area contributed by atoms with Crippen LogP contribution in [0.15, 0.2) is 72.0 Å². The molecule has 0 spiro atoms. The van der Waals surface area contributed by atoms with Gasteiger partial charge < -0.3 is 20.0 Å². The van der Waals surface area contributed by atoms with E-state index < -0.39 is 23.5 Å². The zero-order valence-corrected chi connectivity index (χ0v) is 16.4. The maximum absolute atomic E-state index is 13.0. The van der Waals surface area contributed by atoms with Crippen molar-refractivity contribution in [2.24, 2.45) is 0 Å². The average Bonchev–Trinajstić information content (AvgIpc) is 2.96. The first-order valence-corrected chi connectivity index (χ1v) is 9.33. The monoisotopic (exact) mass is 392 g/mol. The number of aliphatic hydroxyl groups excluding tert-OH is 1. The molecule has 0 saturated carbocycles. The zero-order valence-electron chi connectivity index (χ0n) is 16.4. The molecule has 0 fully saturated rings. The van der Waals surface area contributed by atoms with Crippen molar-refractivity contribution < 1.29 is 19.8 Å². The first-order chi connectivity index (χ1) is 13.9. The van der Waals surface area contributed by atoms with Gasteiger partial charge in [-0.1, -0.05) is 48.5 Å². The Morgan fingerprint density at radius 3 is 2.48 bits per heavy atom. The predicted molar refractivity (Wildman–Crippen MR) is 111 cm³/mol. The molecular formula is C23H24N2O4. The Morgan fingerprint density at radius 2 is 1.83 bits per heavy atom. The lowest BCUT2D eigenvalue weighted by Gasteiger charge is -2.27. The van der Waals surface area contributed by atoms with Crippen molar-refractivity contribution in [3.63, 3.8) is 0 Å². The summed E-state index contributed by atoms with van der Waals surface area (Å²) in [6, 6.07) is 15.0. The Bertz CT molecular complexity index is 964. The van der Waals surface area contributed by atoms with E-state index in [2.05, 4.69) is 0 Å². The summed E-state index contributed by atoms with van der Waals surface area (Å²) in [5, 5.41) is 20.4. The van der Waals surface area contributed by atoms with E-state index in [1.165, 1.54) is 23.1 Å². The van der Waals surface area contributed by atoms with E-state index in [0.717, 1.165) is 5.56 Å². The van der Waals surface area contributed by atoms with Gasteiger partial charge in [0.25, 0.3) is 5.91 Å². The Labute approximate surface area is 170 Å². The first-order valence-electron chi connectivity index (χ1n) is 9.33. The Kier molecular flexibility index (Phi) is 6.14. The molecule has 0 aliphatic carbocycles. The minimum Gasteiger partial charge on any atom is -0.508 e. The Balaban J connectivity index is 1.98. The zero-order chi connectivity index (χ0) is 21.0. The number of benzene rings is 2. The van der Waals surface area contributed by atoms with E-state index in [4.69, 9.17) is 0 Å². The minimum atomic E-state index is -0.762. The number of ketones is 1. The van der Waals surface area contributed by atoms with Gasteiger partial charge in [-0.2, -0.15) is 0 Å². The van der Waals surface area contributed by atoms with Crippen molar-refractivity contribution in [3.8, 4) is 5.75 Å². The molecule has 0 saturated heterocycles. The third-order valence-corrected chi connectivity index (χ3v) is 4.77. The van der Waals surface area contributed by atoms with Crippen molar-refractivity contribution in [2.45, 2.75) is 6.04 Å². The quantitative estimate of drug-likeness (QED) is 0.708. The van der Waals surface area contributed by atoms with Crippen LogP contribution in [-0.2, 0) is 9.59 Å². The smallest absolute Gasteiger partial charge is 0.290 e. The lowest BCUT2D eigenvalue weighted by Crippen LogP contribution is -2.36. The number of carbonyl (C=O) groups is 2. The van der Waals surface area contributed by atoms with Crippen molar-refractivity contribution in [3.05, 3.63) is 83.1 Å². The van der Waals surface area contributed by atoms with Gasteiger partial charge in [0.15, 0.2) is 11.5 Å². The third-order valence-electron chi connectivity index (χ3n) is 4.77. The molecule has 6 nitrogen and oxygen atoms in total. The number of aliphatic hydroxyl groups is 1. The number of nitrogens with zero attached hydrogens (tertiary/aromatic N) is 2. The summed E-state index contributed by atoms with van der Waals surface area (Å²) in [5.74, 6) is -1.54. The second-order valence-electron chi connectivity index (χ2n) is 7.17. The molecule has 0 radical (unpaired) electrons. The van der Waals surface area contributed by atoms with Gasteiger partial charge in [0, 0.05) is 13.1 Å². The van der Waals surface area contributed by atoms with Crippen LogP contribution in [0.1, 0.15) is 17.2 Å². The van der Waals surface area contributed by atoms with Crippen LogP contribution in [0.25, 0.3) is 6.08 Å². The summed E-state index contributed by atoms with van der Waals surface area (Å²) in [6.45, 7) is 0.894.